The molecule has 1 atom stereocenters. The van der Waals surface area contributed by atoms with Crippen molar-refractivity contribution in [1.82, 2.24) is 35.6 Å². The van der Waals surface area contributed by atoms with Gasteiger partial charge in [-0.1, -0.05) is 17.7 Å². The summed E-state index contributed by atoms with van der Waals surface area (Å²) in [7, 11) is 3.42. The number of carbonyl (C=O) groups excluding carboxylic acids is 1. The molecule has 12 heteroatoms. The Morgan fingerprint density at radius 3 is 2.94 bits per heavy atom. The number of aromatic nitrogens is 5. The fourth-order valence-corrected chi connectivity index (χ4v) is 4.06. The van der Waals surface area contributed by atoms with E-state index in [1.807, 2.05) is 18.2 Å². The lowest BCUT2D eigenvalue weighted by molar-refractivity contribution is -0.126. The molecule has 1 amide bonds. The summed E-state index contributed by atoms with van der Waals surface area (Å²) in [6, 6.07) is 3.94. The van der Waals surface area contributed by atoms with E-state index < -0.39 is 0 Å². The Morgan fingerprint density at radius 2 is 2.18 bits per heavy atom. The molecule has 5 rings (SSSR count). The predicted octanol–water partition coefficient (Wildman–Crippen LogP) is 1.88. The SMILES string of the molecule is COC1CC(c2nc(Nc3ccc4[nH]ncc4c3Cl)n(C)n2)=CC=C1OCC(=O)NC1CNC1. The van der Waals surface area contributed by atoms with E-state index in [1.165, 1.54) is 0 Å². The van der Waals surface area contributed by atoms with E-state index in [0.29, 0.717) is 34.7 Å². The molecule has 2 aliphatic rings. The van der Waals surface area contributed by atoms with Gasteiger partial charge in [0, 0.05) is 44.6 Å². The van der Waals surface area contributed by atoms with Gasteiger partial charge in [0.05, 0.1) is 28.5 Å². The van der Waals surface area contributed by atoms with Gasteiger partial charge >= 0.3 is 0 Å². The number of carbonyl (C=O) groups is 1. The van der Waals surface area contributed by atoms with Gasteiger partial charge < -0.3 is 25.4 Å². The molecule has 1 aliphatic carbocycles. The first-order chi connectivity index (χ1) is 16.5. The first-order valence-electron chi connectivity index (χ1n) is 10.9. The molecule has 1 unspecified atom stereocenters. The molecule has 0 saturated carbocycles. The average molecular weight is 485 g/mol. The number of aryl methyl sites for hydroxylation is 1. The van der Waals surface area contributed by atoms with E-state index in [0.717, 1.165) is 29.6 Å². The Balaban J connectivity index is 1.29. The number of methoxy groups -OCH3 is 1. The Hall–Kier alpha value is -3.41. The van der Waals surface area contributed by atoms with Crippen molar-refractivity contribution in [3.8, 4) is 0 Å². The number of rotatable bonds is 8. The Bertz CT molecular complexity index is 1280. The van der Waals surface area contributed by atoms with Gasteiger partial charge in [-0.3, -0.25) is 9.89 Å². The van der Waals surface area contributed by atoms with Gasteiger partial charge in [0.2, 0.25) is 5.95 Å². The zero-order chi connectivity index (χ0) is 23.7. The van der Waals surface area contributed by atoms with Crippen LogP contribution in [0, 0.1) is 0 Å². The Morgan fingerprint density at radius 1 is 1.32 bits per heavy atom. The molecular formula is C22H25ClN8O3. The maximum absolute atomic E-state index is 12.0. The normalized spacial score (nSPS) is 18.3. The number of hydrogen-bond donors (Lipinski definition) is 4. The highest BCUT2D eigenvalue weighted by Crippen LogP contribution is 2.33. The van der Waals surface area contributed by atoms with Crippen LogP contribution in [0.15, 0.2) is 36.2 Å². The Labute approximate surface area is 200 Å². The first-order valence-corrected chi connectivity index (χ1v) is 11.3. The topological polar surface area (TPSA) is 131 Å². The van der Waals surface area contributed by atoms with E-state index >= 15 is 0 Å². The first kappa shape index (κ1) is 22.4. The molecule has 3 heterocycles. The highest BCUT2D eigenvalue weighted by molar-refractivity contribution is 6.38. The third kappa shape index (κ3) is 4.49. The minimum atomic E-state index is -0.337. The zero-order valence-electron chi connectivity index (χ0n) is 18.8. The summed E-state index contributed by atoms with van der Waals surface area (Å²) in [6.07, 6.45) is 5.56. The molecule has 34 heavy (non-hydrogen) atoms. The maximum Gasteiger partial charge on any atom is 0.258 e. The largest absolute Gasteiger partial charge is 0.485 e. The van der Waals surface area contributed by atoms with E-state index in [4.69, 9.17) is 21.1 Å². The molecule has 1 aliphatic heterocycles. The highest BCUT2D eigenvalue weighted by Gasteiger charge is 2.25. The van der Waals surface area contributed by atoms with Crippen LogP contribution >= 0.6 is 11.6 Å². The van der Waals surface area contributed by atoms with Crippen molar-refractivity contribution in [2.45, 2.75) is 18.6 Å². The molecule has 2 aromatic heterocycles. The summed E-state index contributed by atoms with van der Waals surface area (Å²) < 4.78 is 13.0. The van der Waals surface area contributed by atoms with Crippen LogP contribution in [-0.4, -0.2) is 69.8 Å². The second-order valence-electron chi connectivity index (χ2n) is 8.17. The third-order valence-electron chi connectivity index (χ3n) is 5.83. The predicted molar refractivity (Wildman–Crippen MR) is 128 cm³/mol. The van der Waals surface area contributed by atoms with E-state index in [2.05, 4.69) is 36.2 Å². The van der Waals surface area contributed by atoms with Crippen LogP contribution in [0.25, 0.3) is 16.5 Å². The van der Waals surface area contributed by atoms with Crippen molar-refractivity contribution >= 4 is 45.6 Å². The van der Waals surface area contributed by atoms with Gasteiger partial charge in [0.1, 0.15) is 11.9 Å². The summed E-state index contributed by atoms with van der Waals surface area (Å²) in [5.74, 6) is 1.56. The smallest absolute Gasteiger partial charge is 0.258 e. The average Bonchev–Trinajstić information content (AvgIpc) is 3.44. The second-order valence-corrected chi connectivity index (χ2v) is 8.54. The Kier molecular flexibility index (Phi) is 6.22. The molecule has 1 aromatic carbocycles. The number of hydrogen-bond acceptors (Lipinski definition) is 8. The molecule has 0 radical (unpaired) electrons. The number of nitrogens with zero attached hydrogens (tertiary/aromatic N) is 4. The molecule has 0 spiro atoms. The summed E-state index contributed by atoms with van der Waals surface area (Å²) >= 11 is 6.52. The number of ether oxygens (including phenoxy) is 2. The van der Waals surface area contributed by atoms with Crippen molar-refractivity contribution in [1.29, 1.82) is 0 Å². The monoisotopic (exact) mass is 484 g/mol. The maximum atomic E-state index is 12.0. The van der Waals surface area contributed by atoms with Crippen LogP contribution in [0.3, 0.4) is 0 Å². The van der Waals surface area contributed by atoms with Crippen molar-refractivity contribution in [3.05, 3.63) is 47.1 Å². The van der Waals surface area contributed by atoms with Crippen LogP contribution in [-0.2, 0) is 21.3 Å². The molecule has 1 fully saturated rings. The van der Waals surface area contributed by atoms with Gasteiger partial charge in [-0.05, 0) is 18.2 Å². The van der Waals surface area contributed by atoms with Crippen molar-refractivity contribution < 1.29 is 14.3 Å². The van der Waals surface area contributed by atoms with Crippen LogP contribution in [0.4, 0.5) is 11.6 Å². The number of amides is 1. The summed E-state index contributed by atoms with van der Waals surface area (Å²) in [5, 5.41) is 22.1. The van der Waals surface area contributed by atoms with E-state index in [1.54, 1.807) is 31.1 Å². The minimum Gasteiger partial charge on any atom is -0.485 e. The molecule has 11 nitrogen and oxygen atoms in total. The molecule has 178 valence electrons. The summed E-state index contributed by atoms with van der Waals surface area (Å²) in [4.78, 5) is 16.7. The number of anilines is 2. The minimum absolute atomic E-state index is 0.0525. The van der Waals surface area contributed by atoms with Crippen molar-refractivity contribution in [2.75, 3.05) is 32.1 Å². The molecular weight excluding hydrogens is 460 g/mol. The lowest BCUT2D eigenvalue weighted by atomic mass is 10.0. The van der Waals surface area contributed by atoms with Gasteiger partial charge in [-0.25, -0.2) is 4.68 Å². The number of fused-ring (bicyclic) bond motifs is 1. The quantitative estimate of drug-likeness (QED) is 0.381. The van der Waals surface area contributed by atoms with Crippen LogP contribution in [0.2, 0.25) is 5.02 Å². The van der Waals surface area contributed by atoms with Crippen LogP contribution in [0.5, 0.6) is 0 Å². The van der Waals surface area contributed by atoms with E-state index in [9.17, 15) is 4.79 Å². The molecule has 4 N–H and O–H groups in total. The van der Waals surface area contributed by atoms with Crippen molar-refractivity contribution in [2.24, 2.45) is 7.05 Å². The fraction of sp³-hybridized carbons (Fsp3) is 0.364. The van der Waals surface area contributed by atoms with Gasteiger partial charge in [-0.2, -0.15) is 10.1 Å². The number of allylic oxidation sites excluding steroid dienone is 2. The van der Waals surface area contributed by atoms with Crippen LogP contribution < -0.4 is 16.0 Å². The number of H-pyrrole nitrogens is 1. The van der Waals surface area contributed by atoms with Crippen molar-refractivity contribution in [3.63, 3.8) is 0 Å². The standard InChI is InChI=1S/C22H25ClN8O3/c1-31-22(27-16-5-4-15-14(20(16)23)10-25-29-15)28-21(30-31)12-3-6-17(18(7-12)33-2)34-11-19(32)26-13-8-24-9-13/h3-6,10,13,18,24H,7-9,11H2,1-2H3,(H,25,29)(H,26,32)(H,27,28,30). The summed E-state index contributed by atoms with van der Waals surface area (Å²) in [6.45, 7) is 1.53. The van der Waals surface area contributed by atoms with Gasteiger partial charge in [-0.15, -0.1) is 5.10 Å². The fourth-order valence-electron chi connectivity index (χ4n) is 3.80. The number of benzene rings is 1. The third-order valence-corrected chi connectivity index (χ3v) is 6.23. The molecule has 0 bridgehead atoms. The summed E-state index contributed by atoms with van der Waals surface area (Å²) in [5.41, 5.74) is 2.45. The number of nitrogens with one attached hydrogen (secondary N) is 4. The highest BCUT2D eigenvalue weighted by atomic mass is 35.5. The zero-order valence-corrected chi connectivity index (χ0v) is 19.5. The van der Waals surface area contributed by atoms with E-state index in [-0.39, 0.29) is 24.7 Å². The van der Waals surface area contributed by atoms with Gasteiger partial charge in [0.15, 0.2) is 12.4 Å². The van der Waals surface area contributed by atoms with Gasteiger partial charge in [0.25, 0.3) is 5.91 Å². The molecule has 3 aromatic rings. The van der Waals surface area contributed by atoms with Crippen LogP contribution in [0.1, 0.15) is 12.2 Å². The lowest BCUT2D eigenvalue weighted by Crippen LogP contribution is -2.57. The molecule has 1 saturated heterocycles. The second kappa shape index (κ2) is 9.45. The number of aromatic amines is 1. The lowest BCUT2D eigenvalue weighted by Gasteiger charge is -2.28. The number of halogens is 1.